The maximum absolute atomic E-state index is 12.3. The Balaban J connectivity index is 1.64. The molecule has 0 unspecified atom stereocenters. The van der Waals surface area contributed by atoms with Gasteiger partial charge < -0.3 is 5.73 Å². The normalized spacial score (nSPS) is 44.3. The minimum absolute atomic E-state index is 0.0577. The highest BCUT2D eigenvalue weighted by Gasteiger charge is 2.55. The first-order chi connectivity index (χ1) is 9.18. The van der Waals surface area contributed by atoms with Crippen LogP contribution in [-0.2, 0) is 4.79 Å². The van der Waals surface area contributed by atoms with Crippen molar-refractivity contribution in [3.63, 3.8) is 0 Å². The summed E-state index contributed by atoms with van der Waals surface area (Å²) in [5.41, 5.74) is 8.95. The minimum Gasteiger partial charge on any atom is -0.324 e. The highest BCUT2D eigenvalue weighted by Crippen LogP contribution is 2.57. The monoisotopic (exact) mass is 262 g/mol. The maximum Gasteiger partial charge on any atom is 0.263 e. The summed E-state index contributed by atoms with van der Waals surface area (Å²) in [6.07, 6.45) is 7.69. The van der Waals surface area contributed by atoms with Crippen LogP contribution in [0.3, 0.4) is 0 Å². The van der Waals surface area contributed by atoms with E-state index in [4.69, 9.17) is 5.73 Å². The molecule has 4 fully saturated rings. The van der Waals surface area contributed by atoms with Gasteiger partial charge in [-0.3, -0.25) is 15.2 Å². The molecule has 5 rings (SSSR count). The van der Waals surface area contributed by atoms with Gasteiger partial charge in [-0.2, -0.15) is 0 Å². The molecule has 4 saturated carbocycles. The molecule has 1 aliphatic heterocycles. The summed E-state index contributed by atoms with van der Waals surface area (Å²) >= 11 is 0. The number of amides is 1. The number of nitrogens with zero attached hydrogens (tertiary/aromatic N) is 2. The minimum atomic E-state index is 0.0577. The van der Waals surface area contributed by atoms with Crippen LogP contribution < -0.4 is 11.2 Å². The van der Waals surface area contributed by atoms with Crippen LogP contribution in [-0.4, -0.2) is 35.4 Å². The molecule has 0 spiro atoms. The van der Waals surface area contributed by atoms with Crippen LogP contribution in [0.1, 0.15) is 38.5 Å². The fourth-order valence-electron chi connectivity index (χ4n) is 5.29. The van der Waals surface area contributed by atoms with Gasteiger partial charge in [-0.25, -0.2) is 5.01 Å². The van der Waals surface area contributed by atoms with E-state index >= 15 is 0 Å². The quantitative estimate of drug-likeness (QED) is 0.768. The van der Waals surface area contributed by atoms with Crippen molar-refractivity contribution in [2.75, 3.05) is 13.1 Å². The molecule has 1 heterocycles. The molecule has 5 aliphatic rings. The number of rotatable bonds is 2. The molecular formula is C14H22N4O. The van der Waals surface area contributed by atoms with E-state index in [1.807, 2.05) is 5.01 Å². The molecule has 19 heavy (non-hydrogen) atoms. The number of nitrogens with two attached hydrogens (primary N) is 1. The number of aliphatic imine (C=N–C) groups is 1. The van der Waals surface area contributed by atoms with Gasteiger partial charge in [-0.05, 0) is 56.3 Å². The van der Waals surface area contributed by atoms with Crippen LogP contribution in [0.2, 0.25) is 0 Å². The molecule has 4 bridgehead atoms. The van der Waals surface area contributed by atoms with Gasteiger partial charge in [0.05, 0.1) is 12.1 Å². The van der Waals surface area contributed by atoms with E-state index in [0.717, 1.165) is 23.6 Å². The second kappa shape index (κ2) is 3.95. The Morgan fingerprint density at radius 1 is 1.21 bits per heavy atom. The van der Waals surface area contributed by atoms with Gasteiger partial charge in [0, 0.05) is 0 Å². The molecule has 3 N–H and O–H groups in total. The van der Waals surface area contributed by atoms with Crippen molar-refractivity contribution >= 4 is 11.7 Å². The number of nitrogens with one attached hydrogen (secondary N) is 1. The lowest BCUT2D eigenvalue weighted by atomic mass is 9.52. The van der Waals surface area contributed by atoms with E-state index in [9.17, 15) is 4.79 Å². The third-order valence-corrected chi connectivity index (χ3v) is 5.57. The molecule has 104 valence electrons. The molecule has 5 nitrogen and oxygen atoms in total. The largest absolute Gasteiger partial charge is 0.324 e. The summed E-state index contributed by atoms with van der Waals surface area (Å²) in [5.74, 6) is 3.39. The van der Waals surface area contributed by atoms with E-state index in [1.165, 1.54) is 38.5 Å². The van der Waals surface area contributed by atoms with Gasteiger partial charge in [-0.15, -0.1) is 0 Å². The first-order valence-corrected chi connectivity index (χ1v) is 7.52. The number of amidine groups is 1. The molecule has 4 aliphatic carbocycles. The fourth-order valence-corrected chi connectivity index (χ4v) is 5.29. The standard InChI is InChI=1S/C14H22N4O/c15-7-12-16-8-13(19)18(17-12)14-4-9-1-10(5-14)3-11(2-9)6-14/h9-11H,1-8,15H2,(H,16,17). The second-order valence-corrected chi connectivity index (χ2v) is 6.95. The summed E-state index contributed by atoms with van der Waals surface area (Å²) in [7, 11) is 0. The number of hydrogen-bond acceptors (Lipinski definition) is 4. The first-order valence-electron chi connectivity index (χ1n) is 7.52. The number of hydrazine groups is 1. The van der Waals surface area contributed by atoms with Crippen molar-refractivity contribution in [1.29, 1.82) is 0 Å². The van der Waals surface area contributed by atoms with Crippen molar-refractivity contribution in [3.8, 4) is 0 Å². The van der Waals surface area contributed by atoms with E-state index in [0.29, 0.717) is 6.54 Å². The highest BCUT2D eigenvalue weighted by atomic mass is 16.2. The van der Waals surface area contributed by atoms with E-state index in [2.05, 4.69) is 10.4 Å². The molecule has 0 radical (unpaired) electrons. The number of hydrogen-bond donors (Lipinski definition) is 2. The lowest BCUT2D eigenvalue weighted by molar-refractivity contribution is -0.155. The number of carbonyl (C=O) groups is 1. The van der Waals surface area contributed by atoms with Crippen molar-refractivity contribution in [2.24, 2.45) is 28.5 Å². The fraction of sp³-hybridized carbons (Fsp3) is 0.857. The molecule has 5 heteroatoms. The molecule has 0 aromatic carbocycles. The van der Waals surface area contributed by atoms with Crippen LogP contribution in [0, 0.1) is 17.8 Å². The zero-order chi connectivity index (χ0) is 13.0. The van der Waals surface area contributed by atoms with E-state index in [-0.39, 0.29) is 18.0 Å². The smallest absolute Gasteiger partial charge is 0.263 e. The highest BCUT2D eigenvalue weighted by molar-refractivity contribution is 5.92. The Hall–Kier alpha value is -1.10. The zero-order valence-electron chi connectivity index (χ0n) is 11.3. The SMILES string of the molecule is NCC1=NCC(=O)N(C23CC4CC(CC(C4)C2)C3)N1. The van der Waals surface area contributed by atoms with Gasteiger partial charge in [0.1, 0.15) is 12.4 Å². The average molecular weight is 262 g/mol. The van der Waals surface area contributed by atoms with Gasteiger partial charge in [0.15, 0.2) is 0 Å². The van der Waals surface area contributed by atoms with Gasteiger partial charge in [-0.1, -0.05) is 0 Å². The van der Waals surface area contributed by atoms with Crippen LogP contribution in [0.4, 0.5) is 0 Å². The van der Waals surface area contributed by atoms with Crippen molar-refractivity contribution in [1.82, 2.24) is 10.4 Å². The van der Waals surface area contributed by atoms with Crippen molar-refractivity contribution in [2.45, 2.75) is 44.1 Å². The Labute approximate surface area is 113 Å². The maximum atomic E-state index is 12.3. The summed E-state index contributed by atoms with van der Waals surface area (Å²) in [6, 6.07) is 0. The third-order valence-electron chi connectivity index (χ3n) is 5.57. The van der Waals surface area contributed by atoms with Crippen LogP contribution in [0.5, 0.6) is 0 Å². The van der Waals surface area contributed by atoms with Crippen molar-refractivity contribution < 1.29 is 4.79 Å². The molecular weight excluding hydrogens is 240 g/mol. The molecule has 0 saturated heterocycles. The van der Waals surface area contributed by atoms with Gasteiger partial charge in [0.25, 0.3) is 5.91 Å². The Morgan fingerprint density at radius 3 is 2.32 bits per heavy atom. The average Bonchev–Trinajstić information content (AvgIpc) is 2.37. The first kappa shape index (κ1) is 11.7. The Morgan fingerprint density at radius 2 is 1.79 bits per heavy atom. The van der Waals surface area contributed by atoms with Gasteiger partial charge in [0.2, 0.25) is 0 Å². The molecule has 0 atom stereocenters. The van der Waals surface area contributed by atoms with Crippen LogP contribution in [0.25, 0.3) is 0 Å². The van der Waals surface area contributed by atoms with Gasteiger partial charge >= 0.3 is 0 Å². The van der Waals surface area contributed by atoms with Crippen LogP contribution in [0.15, 0.2) is 4.99 Å². The third kappa shape index (κ3) is 1.71. The molecule has 1 amide bonds. The van der Waals surface area contributed by atoms with E-state index in [1.54, 1.807) is 0 Å². The van der Waals surface area contributed by atoms with Crippen molar-refractivity contribution in [3.05, 3.63) is 0 Å². The topological polar surface area (TPSA) is 70.7 Å². The predicted octanol–water partition coefficient (Wildman–Crippen LogP) is 0.659. The van der Waals surface area contributed by atoms with Crippen LogP contribution >= 0.6 is 0 Å². The summed E-state index contributed by atoms with van der Waals surface area (Å²) in [4.78, 5) is 16.5. The second-order valence-electron chi connectivity index (χ2n) is 6.95. The molecule has 0 aromatic rings. The lowest BCUT2D eigenvalue weighted by Gasteiger charge is -2.60. The predicted molar refractivity (Wildman–Crippen MR) is 72.2 cm³/mol. The Kier molecular flexibility index (Phi) is 2.43. The molecule has 0 aromatic heterocycles. The summed E-state index contributed by atoms with van der Waals surface area (Å²) < 4.78 is 0. The number of carbonyl (C=O) groups excluding carboxylic acids is 1. The lowest BCUT2D eigenvalue weighted by Crippen LogP contribution is -2.68. The summed E-state index contributed by atoms with van der Waals surface area (Å²) in [6.45, 7) is 0.650. The Bertz CT molecular complexity index is 409. The summed E-state index contributed by atoms with van der Waals surface area (Å²) in [5, 5.41) is 1.92. The zero-order valence-corrected chi connectivity index (χ0v) is 11.3. The van der Waals surface area contributed by atoms with E-state index < -0.39 is 0 Å².